The van der Waals surface area contributed by atoms with Crippen LogP contribution in [0.5, 0.6) is 0 Å². The molecule has 0 aromatic carbocycles. The van der Waals surface area contributed by atoms with Gasteiger partial charge in [0.1, 0.15) is 12.1 Å². The summed E-state index contributed by atoms with van der Waals surface area (Å²) in [4.78, 5) is 50.8. The lowest BCUT2D eigenvalue weighted by Gasteiger charge is -2.33. The number of urea groups is 1. The van der Waals surface area contributed by atoms with Crippen molar-refractivity contribution >= 4 is 35.2 Å². The molecule has 1 spiro atoms. The second kappa shape index (κ2) is 8.30. The van der Waals surface area contributed by atoms with Gasteiger partial charge in [-0.05, 0) is 50.0 Å². The van der Waals surface area contributed by atoms with E-state index in [0.29, 0.717) is 18.8 Å². The Morgan fingerprint density at radius 2 is 2.11 bits per heavy atom. The highest BCUT2D eigenvalue weighted by Gasteiger charge is 2.52. The van der Waals surface area contributed by atoms with Crippen LogP contribution in [-0.4, -0.2) is 47.4 Å². The molecule has 1 aliphatic carbocycles. The number of carbonyl (C=O) groups excluding carboxylic acids is 4. The topological polar surface area (TPSA) is 105 Å². The van der Waals surface area contributed by atoms with Gasteiger partial charge in [0, 0.05) is 4.88 Å². The summed E-state index contributed by atoms with van der Waals surface area (Å²) in [7, 11) is 0. The number of nitrogens with one attached hydrogen (secondary N) is 2. The van der Waals surface area contributed by atoms with Crippen LogP contribution in [0.4, 0.5) is 4.79 Å². The lowest BCUT2D eigenvalue weighted by Crippen LogP contribution is -2.49. The molecule has 3 rings (SSSR count). The number of hydrogen-bond acceptors (Lipinski definition) is 6. The van der Waals surface area contributed by atoms with Crippen molar-refractivity contribution in [3.63, 3.8) is 0 Å². The molecule has 2 fully saturated rings. The third kappa shape index (κ3) is 4.35. The van der Waals surface area contributed by atoms with Crippen LogP contribution in [0.15, 0.2) is 17.5 Å². The molecule has 1 unspecified atom stereocenters. The van der Waals surface area contributed by atoms with Gasteiger partial charge in [-0.2, -0.15) is 0 Å². The Bertz CT molecular complexity index is 756. The molecule has 4 amide bonds. The molecular weight excluding hydrogens is 382 g/mol. The summed E-state index contributed by atoms with van der Waals surface area (Å²) in [6.45, 7) is 3.01. The maximum Gasteiger partial charge on any atom is 0.326 e. The van der Waals surface area contributed by atoms with E-state index in [9.17, 15) is 19.2 Å². The van der Waals surface area contributed by atoms with Crippen LogP contribution < -0.4 is 10.6 Å². The zero-order chi connectivity index (χ0) is 20.3. The van der Waals surface area contributed by atoms with Crippen LogP contribution >= 0.6 is 11.3 Å². The van der Waals surface area contributed by atoms with Gasteiger partial charge in [0.15, 0.2) is 6.61 Å². The quantitative estimate of drug-likeness (QED) is 0.554. The van der Waals surface area contributed by atoms with Crippen LogP contribution in [0.25, 0.3) is 0 Å². The molecule has 2 aliphatic rings. The third-order valence-corrected chi connectivity index (χ3v) is 6.43. The average Bonchev–Trinajstić information content (AvgIpc) is 3.27. The molecular formula is C19H25N3O5S. The fourth-order valence-electron chi connectivity index (χ4n) is 3.63. The normalized spacial score (nSPS) is 25.5. The molecule has 9 heteroatoms. The highest BCUT2D eigenvalue weighted by molar-refractivity contribution is 7.10. The van der Waals surface area contributed by atoms with Gasteiger partial charge in [-0.1, -0.05) is 13.0 Å². The van der Waals surface area contributed by atoms with Crippen molar-refractivity contribution in [2.45, 2.75) is 51.1 Å². The van der Waals surface area contributed by atoms with E-state index in [1.165, 1.54) is 11.3 Å². The fourth-order valence-corrected chi connectivity index (χ4v) is 4.36. The van der Waals surface area contributed by atoms with Gasteiger partial charge >= 0.3 is 12.0 Å². The van der Waals surface area contributed by atoms with E-state index < -0.39 is 36.6 Å². The number of thiophene rings is 1. The first-order chi connectivity index (χ1) is 13.3. The van der Waals surface area contributed by atoms with E-state index in [1.807, 2.05) is 24.4 Å². The molecule has 0 bridgehead atoms. The number of carbonyl (C=O) groups is 4. The molecule has 1 aliphatic heterocycles. The first-order valence-corrected chi connectivity index (χ1v) is 10.3. The summed E-state index contributed by atoms with van der Waals surface area (Å²) < 4.78 is 4.95. The van der Waals surface area contributed by atoms with Crippen LogP contribution in [-0.2, 0) is 19.1 Å². The van der Waals surface area contributed by atoms with Crippen molar-refractivity contribution in [3.05, 3.63) is 22.4 Å². The van der Waals surface area contributed by atoms with Gasteiger partial charge in [0.25, 0.3) is 11.8 Å². The summed E-state index contributed by atoms with van der Waals surface area (Å²) in [6.07, 6.45) is 2.86. The molecule has 152 valence electrons. The van der Waals surface area contributed by atoms with Crippen LogP contribution in [0.1, 0.15) is 50.4 Å². The molecule has 1 atom stereocenters. The lowest BCUT2D eigenvalue weighted by molar-refractivity contribution is -0.151. The molecule has 1 aromatic heterocycles. The zero-order valence-corrected chi connectivity index (χ0v) is 16.8. The van der Waals surface area contributed by atoms with Crippen molar-refractivity contribution < 1.29 is 23.9 Å². The van der Waals surface area contributed by atoms with E-state index in [4.69, 9.17) is 4.74 Å². The van der Waals surface area contributed by atoms with Crippen LogP contribution in [0, 0.1) is 5.92 Å². The number of hydrogen-bond donors (Lipinski definition) is 2. The van der Waals surface area contributed by atoms with Crippen molar-refractivity contribution in [3.8, 4) is 0 Å². The van der Waals surface area contributed by atoms with E-state index in [0.717, 1.165) is 22.6 Å². The molecule has 0 radical (unpaired) electrons. The Morgan fingerprint density at radius 1 is 1.39 bits per heavy atom. The van der Waals surface area contributed by atoms with E-state index in [1.54, 1.807) is 0 Å². The van der Waals surface area contributed by atoms with Gasteiger partial charge in [-0.25, -0.2) is 4.79 Å². The summed E-state index contributed by atoms with van der Waals surface area (Å²) in [5.41, 5.74) is -0.891. The highest BCUT2D eigenvalue weighted by Crippen LogP contribution is 2.36. The van der Waals surface area contributed by atoms with Crippen molar-refractivity contribution in [1.29, 1.82) is 0 Å². The first kappa shape index (κ1) is 20.3. The molecule has 1 saturated carbocycles. The zero-order valence-electron chi connectivity index (χ0n) is 16.0. The maximum absolute atomic E-state index is 12.7. The van der Waals surface area contributed by atoms with Crippen LogP contribution in [0.2, 0.25) is 0 Å². The summed E-state index contributed by atoms with van der Waals surface area (Å²) in [5.74, 6) is -1.09. The number of nitrogens with zero attached hydrogens (tertiary/aromatic N) is 1. The second-order valence-corrected chi connectivity index (χ2v) is 8.53. The number of imide groups is 1. The molecule has 1 aromatic rings. The number of rotatable bonds is 6. The highest BCUT2D eigenvalue weighted by atomic mass is 32.1. The monoisotopic (exact) mass is 407 g/mol. The fraction of sp³-hybridized carbons (Fsp3) is 0.579. The van der Waals surface area contributed by atoms with Crippen molar-refractivity contribution in [2.24, 2.45) is 5.92 Å². The SMILES string of the molecule is CC1CCC2(CC1)NC(=O)N(CC(=O)OCC(=O)NC(C)c1cccs1)C2=O. The second-order valence-electron chi connectivity index (χ2n) is 7.55. The standard InChI is InChI=1S/C19H25N3O5S/c1-12-5-7-19(8-6-12)17(25)22(18(26)21-19)10-16(24)27-11-15(23)20-13(2)14-4-3-9-28-14/h3-4,9,12-13H,5-8,10-11H2,1-2H3,(H,20,23)(H,21,26). The Balaban J connectivity index is 1.47. The largest absolute Gasteiger partial charge is 0.454 e. The minimum absolute atomic E-state index is 0.189. The Morgan fingerprint density at radius 3 is 2.75 bits per heavy atom. The van der Waals surface area contributed by atoms with E-state index in [-0.39, 0.29) is 11.9 Å². The minimum atomic E-state index is -0.891. The van der Waals surface area contributed by atoms with Crippen LogP contribution in [0.3, 0.4) is 0 Å². The molecule has 1 saturated heterocycles. The van der Waals surface area contributed by atoms with Crippen molar-refractivity contribution in [2.75, 3.05) is 13.2 Å². The Kier molecular flexibility index (Phi) is 6.02. The Hall–Kier alpha value is -2.42. The molecule has 2 N–H and O–H groups in total. The van der Waals surface area contributed by atoms with Gasteiger partial charge in [-0.15, -0.1) is 11.3 Å². The minimum Gasteiger partial charge on any atom is -0.454 e. The molecule has 8 nitrogen and oxygen atoms in total. The van der Waals surface area contributed by atoms with Crippen molar-refractivity contribution in [1.82, 2.24) is 15.5 Å². The number of ether oxygens (including phenoxy) is 1. The third-order valence-electron chi connectivity index (χ3n) is 5.37. The summed E-state index contributed by atoms with van der Waals surface area (Å²) >= 11 is 1.52. The van der Waals surface area contributed by atoms with Gasteiger partial charge in [0.2, 0.25) is 0 Å². The summed E-state index contributed by atoms with van der Waals surface area (Å²) in [6, 6.07) is 3.03. The predicted octanol–water partition coefficient (Wildman–Crippen LogP) is 1.97. The Labute approximate surface area is 167 Å². The summed E-state index contributed by atoms with van der Waals surface area (Å²) in [5, 5.41) is 7.40. The lowest BCUT2D eigenvalue weighted by atomic mass is 9.77. The van der Waals surface area contributed by atoms with Gasteiger partial charge in [0.05, 0.1) is 6.04 Å². The smallest absolute Gasteiger partial charge is 0.326 e. The number of amides is 4. The number of esters is 1. The van der Waals surface area contributed by atoms with E-state index in [2.05, 4.69) is 17.6 Å². The average molecular weight is 407 g/mol. The maximum atomic E-state index is 12.7. The molecule has 28 heavy (non-hydrogen) atoms. The first-order valence-electron chi connectivity index (χ1n) is 9.43. The van der Waals surface area contributed by atoms with E-state index >= 15 is 0 Å². The van der Waals surface area contributed by atoms with Gasteiger partial charge < -0.3 is 15.4 Å². The molecule has 2 heterocycles. The van der Waals surface area contributed by atoms with Gasteiger partial charge in [-0.3, -0.25) is 19.3 Å². The predicted molar refractivity (Wildman–Crippen MR) is 102 cm³/mol.